The smallest absolute Gasteiger partial charge is 0.307 e. The molecule has 2 aliphatic rings. The number of furan rings is 1. The van der Waals surface area contributed by atoms with Crippen molar-refractivity contribution in [2.75, 3.05) is 26.2 Å². The molecular formula is C17H20N2O5. The summed E-state index contributed by atoms with van der Waals surface area (Å²) in [6.07, 6.45) is 6.00. The van der Waals surface area contributed by atoms with Crippen LogP contribution in [0.1, 0.15) is 23.4 Å². The molecule has 3 rings (SSSR count). The summed E-state index contributed by atoms with van der Waals surface area (Å²) in [4.78, 5) is 39.6. The van der Waals surface area contributed by atoms with Crippen LogP contribution in [0.3, 0.4) is 0 Å². The monoisotopic (exact) mass is 332 g/mol. The number of carboxylic acids is 1. The van der Waals surface area contributed by atoms with Gasteiger partial charge in [-0.2, -0.15) is 0 Å². The number of hydrogen-bond acceptors (Lipinski definition) is 4. The molecule has 24 heavy (non-hydrogen) atoms. The maximum atomic E-state index is 12.7. The number of amides is 2. The predicted octanol–water partition coefficient (Wildman–Crippen LogP) is 1.23. The number of carbonyl (C=O) groups is 3. The number of carbonyl (C=O) groups excluding carboxylic acids is 2. The third kappa shape index (κ3) is 3.20. The fourth-order valence-electron chi connectivity index (χ4n) is 3.28. The zero-order valence-electron chi connectivity index (χ0n) is 13.3. The first-order valence-corrected chi connectivity index (χ1v) is 8.07. The molecule has 0 radical (unpaired) electrons. The Balaban J connectivity index is 1.60. The average molecular weight is 332 g/mol. The van der Waals surface area contributed by atoms with Gasteiger partial charge in [-0.1, -0.05) is 12.2 Å². The molecular weight excluding hydrogens is 312 g/mol. The number of piperazine rings is 1. The molecule has 1 aromatic rings. The van der Waals surface area contributed by atoms with Crippen LogP contribution in [0.2, 0.25) is 0 Å². The molecule has 7 heteroatoms. The van der Waals surface area contributed by atoms with E-state index >= 15 is 0 Å². The third-order valence-electron chi connectivity index (χ3n) is 4.68. The highest BCUT2D eigenvalue weighted by molar-refractivity contribution is 5.91. The largest absolute Gasteiger partial charge is 0.481 e. The zero-order valence-corrected chi connectivity index (χ0v) is 13.3. The van der Waals surface area contributed by atoms with Crippen molar-refractivity contribution in [2.45, 2.75) is 12.8 Å². The fraction of sp³-hybridized carbons (Fsp3) is 0.471. The van der Waals surface area contributed by atoms with Gasteiger partial charge < -0.3 is 19.3 Å². The van der Waals surface area contributed by atoms with Crippen molar-refractivity contribution in [3.8, 4) is 0 Å². The predicted molar refractivity (Wildman–Crippen MR) is 84.2 cm³/mol. The highest BCUT2D eigenvalue weighted by Crippen LogP contribution is 2.28. The van der Waals surface area contributed by atoms with E-state index in [2.05, 4.69) is 0 Å². The van der Waals surface area contributed by atoms with Crippen molar-refractivity contribution in [2.24, 2.45) is 11.8 Å². The minimum absolute atomic E-state index is 0.128. The number of nitrogens with zero attached hydrogens (tertiary/aromatic N) is 2. The Morgan fingerprint density at radius 1 is 1.00 bits per heavy atom. The highest BCUT2D eigenvalue weighted by atomic mass is 16.4. The van der Waals surface area contributed by atoms with Crippen molar-refractivity contribution in [3.05, 3.63) is 36.3 Å². The standard InChI is InChI=1S/C17H20N2O5/c20-15(12-4-1-2-5-13(12)17(22)23)18-7-9-19(10-8-18)16(21)14-6-3-11-24-14/h1-3,6,11-13H,4-5,7-10H2,(H,22,23)/t12-,13+/m1/s1. The Morgan fingerprint density at radius 3 is 2.21 bits per heavy atom. The van der Waals surface area contributed by atoms with Crippen LogP contribution < -0.4 is 0 Å². The summed E-state index contributed by atoms with van der Waals surface area (Å²) in [6.45, 7) is 1.67. The minimum atomic E-state index is -0.927. The molecule has 0 saturated carbocycles. The van der Waals surface area contributed by atoms with E-state index < -0.39 is 17.8 Å². The molecule has 1 N–H and O–H groups in total. The van der Waals surface area contributed by atoms with Gasteiger partial charge in [-0.25, -0.2) is 0 Å². The number of hydrogen-bond donors (Lipinski definition) is 1. The molecule has 0 spiro atoms. The number of aliphatic carboxylic acids is 1. The van der Waals surface area contributed by atoms with Crippen LogP contribution in [0.5, 0.6) is 0 Å². The summed E-state index contributed by atoms with van der Waals surface area (Å²) in [5, 5.41) is 9.31. The van der Waals surface area contributed by atoms with Crippen molar-refractivity contribution >= 4 is 17.8 Å². The lowest BCUT2D eigenvalue weighted by Gasteiger charge is -2.37. The lowest BCUT2D eigenvalue weighted by molar-refractivity contribution is -0.151. The first-order chi connectivity index (χ1) is 11.6. The Kier molecular flexibility index (Phi) is 4.69. The summed E-state index contributed by atoms with van der Waals surface area (Å²) < 4.78 is 5.11. The van der Waals surface area contributed by atoms with E-state index in [1.54, 1.807) is 21.9 Å². The zero-order chi connectivity index (χ0) is 17.1. The maximum Gasteiger partial charge on any atom is 0.307 e. The van der Waals surface area contributed by atoms with Gasteiger partial charge in [0.2, 0.25) is 5.91 Å². The van der Waals surface area contributed by atoms with E-state index in [0.29, 0.717) is 39.0 Å². The maximum absolute atomic E-state index is 12.7. The van der Waals surface area contributed by atoms with Crippen molar-refractivity contribution in [3.63, 3.8) is 0 Å². The molecule has 1 fully saturated rings. The van der Waals surface area contributed by atoms with E-state index in [9.17, 15) is 19.5 Å². The van der Waals surface area contributed by atoms with Crippen LogP contribution in [-0.4, -0.2) is 58.9 Å². The normalized spacial score (nSPS) is 24.0. The van der Waals surface area contributed by atoms with Gasteiger partial charge in [0, 0.05) is 26.2 Å². The summed E-state index contributed by atoms with van der Waals surface area (Å²) in [5.74, 6) is -2.12. The van der Waals surface area contributed by atoms with Crippen molar-refractivity contribution in [1.29, 1.82) is 0 Å². The molecule has 2 heterocycles. The lowest BCUT2D eigenvalue weighted by atomic mass is 9.82. The van der Waals surface area contributed by atoms with Gasteiger partial charge in [-0.05, 0) is 25.0 Å². The molecule has 7 nitrogen and oxygen atoms in total. The molecule has 1 aliphatic carbocycles. The Labute approximate surface area is 139 Å². The lowest BCUT2D eigenvalue weighted by Crippen LogP contribution is -2.53. The van der Waals surface area contributed by atoms with E-state index in [1.165, 1.54) is 6.26 Å². The van der Waals surface area contributed by atoms with E-state index in [0.717, 1.165) is 0 Å². The minimum Gasteiger partial charge on any atom is -0.481 e. The second-order valence-corrected chi connectivity index (χ2v) is 6.09. The SMILES string of the molecule is O=C(O)[C@H]1CC=CC[C@H]1C(=O)N1CCN(C(=O)c2ccco2)CC1. The second kappa shape index (κ2) is 6.90. The summed E-state index contributed by atoms with van der Waals surface area (Å²) in [6, 6.07) is 3.28. The number of carboxylic acid groups (broad SMARTS) is 1. The van der Waals surface area contributed by atoms with Gasteiger partial charge in [0.05, 0.1) is 18.1 Å². The van der Waals surface area contributed by atoms with Crippen LogP contribution in [0, 0.1) is 11.8 Å². The summed E-state index contributed by atoms with van der Waals surface area (Å²) >= 11 is 0. The highest BCUT2D eigenvalue weighted by Gasteiger charge is 2.37. The quantitative estimate of drug-likeness (QED) is 0.841. The number of rotatable bonds is 3. The van der Waals surface area contributed by atoms with Crippen LogP contribution in [0.25, 0.3) is 0 Å². The van der Waals surface area contributed by atoms with Gasteiger partial charge in [0.25, 0.3) is 5.91 Å². The van der Waals surface area contributed by atoms with Gasteiger partial charge in [-0.15, -0.1) is 0 Å². The molecule has 1 aromatic heterocycles. The van der Waals surface area contributed by atoms with Gasteiger partial charge in [-0.3, -0.25) is 14.4 Å². The molecule has 0 unspecified atom stereocenters. The molecule has 2 amide bonds. The Hall–Kier alpha value is -2.57. The number of allylic oxidation sites excluding steroid dienone is 2. The van der Waals surface area contributed by atoms with E-state index in [4.69, 9.17) is 4.42 Å². The van der Waals surface area contributed by atoms with Crippen LogP contribution in [-0.2, 0) is 9.59 Å². The van der Waals surface area contributed by atoms with E-state index in [1.807, 2.05) is 12.2 Å². The molecule has 128 valence electrons. The van der Waals surface area contributed by atoms with Gasteiger partial charge in [0.1, 0.15) is 0 Å². The fourth-order valence-corrected chi connectivity index (χ4v) is 3.28. The van der Waals surface area contributed by atoms with E-state index in [-0.39, 0.29) is 17.6 Å². The molecule has 1 aliphatic heterocycles. The molecule has 0 aromatic carbocycles. The third-order valence-corrected chi connectivity index (χ3v) is 4.68. The van der Waals surface area contributed by atoms with Gasteiger partial charge >= 0.3 is 5.97 Å². The summed E-state index contributed by atoms with van der Waals surface area (Å²) in [7, 11) is 0. The summed E-state index contributed by atoms with van der Waals surface area (Å²) in [5.41, 5.74) is 0. The molecule has 1 saturated heterocycles. The van der Waals surface area contributed by atoms with Crippen LogP contribution in [0.15, 0.2) is 35.0 Å². The Bertz CT molecular complexity index is 644. The first kappa shape index (κ1) is 16.3. The molecule has 0 bridgehead atoms. The topological polar surface area (TPSA) is 91.1 Å². The van der Waals surface area contributed by atoms with Crippen LogP contribution >= 0.6 is 0 Å². The van der Waals surface area contributed by atoms with Crippen molar-refractivity contribution in [1.82, 2.24) is 9.80 Å². The first-order valence-electron chi connectivity index (χ1n) is 8.07. The van der Waals surface area contributed by atoms with Crippen molar-refractivity contribution < 1.29 is 23.9 Å². The second-order valence-electron chi connectivity index (χ2n) is 6.09. The average Bonchev–Trinajstić information content (AvgIpc) is 3.15. The van der Waals surface area contributed by atoms with Gasteiger partial charge in [0.15, 0.2) is 5.76 Å². The van der Waals surface area contributed by atoms with Crippen LogP contribution in [0.4, 0.5) is 0 Å². The molecule has 2 atom stereocenters. The Morgan fingerprint density at radius 2 is 1.62 bits per heavy atom.